The molecule has 0 fully saturated rings. The summed E-state index contributed by atoms with van der Waals surface area (Å²) in [5, 5.41) is 1.30. The van der Waals surface area contributed by atoms with Gasteiger partial charge in [-0.1, -0.05) is 11.6 Å². The summed E-state index contributed by atoms with van der Waals surface area (Å²) in [6, 6.07) is 10.8. The molecule has 0 atom stereocenters. The number of carbonyl (C=O) groups excluding carboxylic acids is 1. The van der Waals surface area contributed by atoms with Crippen molar-refractivity contribution in [1.29, 1.82) is 0 Å². The maximum atomic E-state index is 11.6. The van der Waals surface area contributed by atoms with E-state index in [0.717, 1.165) is 19.5 Å². The number of hydrogen-bond acceptors (Lipinski definition) is 3. The Morgan fingerprint density at radius 3 is 2.70 bits per heavy atom. The molecular weight excluding hydrogens is 334 g/mol. The largest absolute Gasteiger partial charge is 0.320 e. The summed E-state index contributed by atoms with van der Waals surface area (Å²) in [6.07, 6.45) is 6.86. The highest BCUT2D eigenvalue weighted by molar-refractivity contribution is 5.90. The van der Waals surface area contributed by atoms with Crippen LogP contribution in [0.15, 0.2) is 42.7 Å². The third-order valence-electron chi connectivity index (χ3n) is 5.33. The smallest absolute Gasteiger partial charge is 0.143 e. The zero-order valence-electron chi connectivity index (χ0n) is 16.2. The number of fused-ring (bicyclic) bond motifs is 3. The Labute approximate surface area is 160 Å². The van der Waals surface area contributed by atoms with E-state index in [1.165, 1.54) is 38.9 Å². The average Bonchev–Trinajstić information content (AvgIpc) is 2.94. The normalized spacial score (nSPS) is 15.1. The van der Waals surface area contributed by atoms with Crippen LogP contribution in [0.3, 0.4) is 0 Å². The lowest BCUT2D eigenvalue weighted by atomic mass is 10.0. The predicted octanol–water partition coefficient (Wildman–Crippen LogP) is 4.31. The maximum Gasteiger partial charge on any atom is 0.143 e. The SMILES string of the molecule is CC(=O)CN1CCc2c(c3cc(C)ccc3n2/C=C(\C)c2ccncc2)C1. The van der Waals surface area contributed by atoms with E-state index >= 15 is 0 Å². The van der Waals surface area contributed by atoms with Gasteiger partial charge in [0.25, 0.3) is 0 Å². The molecule has 0 bridgehead atoms. The number of Topliss-reactive ketones (excluding diaryl/α,β-unsaturated/α-hetero) is 1. The zero-order chi connectivity index (χ0) is 19.0. The van der Waals surface area contributed by atoms with E-state index in [-0.39, 0.29) is 5.78 Å². The minimum absolute atomic E-state index is 0.229. The lowest BCUT2D eigenvalue weighted by Gasteiger charge is -2.26. The van der Waals surface area contributed by atoms with Crippen LogP contribution in [-0.2, 0) is 17.8 Å². The van der Waals surface area contributed by atoms with Gasteiger partial charge in [0.2, 0.25) is 0 Å². The van der Waals surface area contributed by atoms with Crippen molar-refractivity contribution in [2.75, 3.05) is 13.1 Å². The van der Waals surface area contributed by atoms with E-state index in [0.29, 0.717) is 6.54 Å². The Morgan fingerprint density at radius 1 is 1.19 bits per heavy atom. The van der Waals surface area contributed by atoms with Crippen molar-refractivity contribution < 1.29 is 4.79 Å². The van der Waals surface area contributed by atoms with Crippen LogP contribution in [-0.4, -0.2) is 33.3 Å². The van der Waals surface area contributed by atoms with Crippen LogP contribution in [0.2, 0.25) is 0 Å². The van der Waals surface area contributed by atoms with Crippen molar-refractivity contribution in [3.63, 3.8) is 0 Å². The Kier molecular flexibility index (Phi) is 4.66. The van der Waals surface area contributed by atoms with Gasteiger partial charge >= 0.3 is 0 Å². The van der Waals surface area contributed by atoms with E-state index in [9.17, 15) is 4.79 Å². The summed E-state index contributed by atoms with van der Waals surface area (Å²) < 4.78 is 2.35. The monoisotopic (exact) mass is 359 g/mol. The highest BCUT2D eigenvalue weighted by atomic mass is 16.1. The second kappa shape index (κ2) is 7.12. The van der Waals surface area contributed by atoms with Gasteiger partial charge in [0.15, 0.2) is 0 Å². The zero-order valence-corrected chi connectivity index (χ0v) is 16.2. The molecule has 4 rings (SSSR count). The molecule has 3 heterocycles. The van der Waals surface area contributed by atoms with Gasteiger partial charge in [-0.05, 0) is 61.7 Å². The molecule has 0 saturated carbocycles. The molecule has 0 amide bonds. The number of hydrogen-bond donors (Lipinski definition) is 0. The molecular formula is C23H25N3O. The van der Waals surface area contributed by atoms with Crippen molar-refractivity contribution in [3.8, 4) is 0 Å². The standard InChI is InChI=1S/C23H25N3O/c1-16-4-5-22-20(12-16)21-15-25(14-18(3)27)11-8-23(21)26(22)13-17(2)19-6-9-24-10-7-19/h4-7,9-10,12-13H,8,11,14-15H2,1-3H3/b17-13+. The van der Waals surface area contributed by atoms with Crippen LogP contribution in [0.25, 0.3) is 22.7 Å². The van der Waals surface area contributed by atoms with E-state index < -0.39 is 0 Å². The average molecular weight is 359 g/mol. The molecule has 2 aromatic heterocycles. The number of benzene rings is 1. The van der Waals surface area contributed by atoms with Crippen LogP contribution >= 0.6 is 0 Å². The number of aromatic nitrogens is 2. The van der Waals surface area contributed by atoms with E-state index in [1.807, 2.05) is 24.5 Å². The number of allylic oxidation sites excluding steroid dienone is 1. The van der Waals surface area contributed by atoms with Gasteiger partial charge in [0.1, 0.15) is 5.78 Å². The van der Waals surface area contributed by atoms with Crippen LogP contribution < -0.4 is 0 Å². The molecule has 138 valence electrons. The van der Waals surface area contributed by atoms with Crippen LogP contribution in [0.5, 0.6) is 0 Å². The molecule has 1 aliphatic rings. The number of carbonyl (C=O) groups is 1. The molecule has 0 saturated heterocycles. The van der Waals surface area contributed by atoms with Gasteiger partial charge in [-0.25, -0.2) is 0 Å². The summed E-state index contributed by atoms with van der Waals surface area (Å²) >= 11 is 0. The first-order valence-electron chi connectivity index (χ1n) is 9.46. The van der Waals surface area contributed by atoms with E-state index in [2.05, 4.69) is 52.7 Å². The Bertz CT molecular complexity index is 1030. The minimum atomic E-state index is 0.229. The van der Waals surface area contributed by atoms with Crippen molar-refractivity contribution >= 4 is 28.5 Å². The molecule has 3 aromatic rings. The lowest BCUT2D eigenvalue weighted by molar-refractivity contribution is -0.118. The number of nitrogens with zero attached hydrogens (tertiary/aromatic N) is 3. The molecule has 1 aliphatic heterocycles. The number of pyridine rings is 1. The third-order valence-corrected chi connectivity index (χ3v) is 5.33. The van der Waals surface area contributed by atoms with Crippen LogP contribution in [0, 0.1) is 6.92 Å². The third kappa shape index (κ3) is 3.45. The second-order valence-corrected chi connectivity index (χ2v) is 7.53. The van der Waals surface area contributed by atoms with Crippen LogP contribution in [0.4, 0.5) is 0 Å². The molecule has 0 aliphatic carbocycles. The first-order chi connectivity index (χ1) is 13.0. The highest BCUT2D eigenvalue weighted by Gasteiger charge is 2.24. The maximum absolute atomic E-state index is 11.6. The fourth-order valence-electron chi connectivity index (χ4n) is 4.04. The lowest BCUT2D eigenvalue weighted by Crippen LogP contribution is -2.34. The second-order valence-electron chi connectivity index (χ2n) is 7.53. The highest BCUT2D eigenvalue weighted by Crippen LogP contribution is 2.33. The number of rotatable bonds is 4. The first kappa shape index (κ1) is 17.7. The van der Waals surface area contributed by atoms with Gasteiger partial charge in [-0.15, -0.1) is 0 Å². The molecule has 4 heteroatoms. The number of ketones is 1. The van der Waals surface area contributed by atoms with Gasteiger partial charge in [-0.3, -0.25) is 14.7 Å². The first-order valence-corrected chi connectivity index (χ1v) is 9.46. The van der Waals surface area contributed by atoms with Gasteiger partial charge in [-0.2, -0.15) is 0 Å². The summed E-state index contributed by atoms with van der Waals surface area (Å²) in [7, 11) is 0. The van der Waals surface area contributed by atoms with Gasteiger partial charge in [0, 0.05) is 49.2 Å². The molecule has 1 aromatic carbocycles. The molecule has 27 heavy (non-hydrogen) atoms. The topological polar surface area (TPSA) is 38.1 Å². The summed E-state index contributed by atoms with van der Waals surface area (Å²) in [5.41, 5.74) is 7.62. The minimum Gasteiger partial charge on any atom is -0.320 e. The van der Waals surface area contributed by atoms with Crippen molar-refractivity contribution in [3.05, 3.63) is 65.1 Å². The van der Waals surface area contributed by atoms with Crippen molar-refractivity contribution in [2.24, 2.45) is 0 Å². The Hall–Kier alpha value is -2.72. The summed E-state index contributed by atoms with van der Waals surface area (Å²) in [4.78, 5) is 18.0. The van der Waals surface area contributed by atoms with Gasteiger partial charge < -0.3 is 4.57 Å². The molecule has 0 unspecified atom stereocenters. The fraction of sp³-hybridized carbons (Fsp3) is 0.304. The van der Waals surface area contributed by atoms with E-state index in [4.69, 9.17) is 0 Å². The Balaban J connectivity index is 1.84. The molecule has 0 spiro atoms. The molecule has 0 N–H and O–H groups in total. The predicted molar refractivity (Wildman–Crippen MR) is 110 cm³/mol. The summed E-state index contributed by atoms with van der Waals surface area (Å²) in [6.45, 7) is 8.24. The number of aryl methyl sites for hydroxylation is 1. The van der Waals surface area contributed by atoms with Crippen molar-refractivity contribution in [1.82, 2.24) is 14.5 Å². The summed E-state index contributed by atoms with van der Waals surface area (Å²) in [5.74, 6) is 0.229. The van der Waals surface area contributed by atoms with E-state index in [1.54, 1.807) is 6.92 Å². The molecule has 0 radical (unpaired) electrons. The molecule has 4 nitrogen and oxygen atoms in total. The fourth-order valence-corrected chi connectivity index (χ4v) is 4.04. The quantitative estimate of drug-likeness (QED) is 0.697. The van der Waals surface area contributed by atoms with Crippen LogP contribution in [0.1, 0.15) is 36.2 Å². The van der Waals surface area contributed by atoms with Crippen molar-refractivity contribution in [2.45, 2.75) is 33.7 Å². The Morgan fingerprint density at radius 2 is 1.96 bits per heavy atom. The van der Waals surface area contributed by atoms with Gasteiger partial charge in [0.05, 0.1) is 12.1 Å².